The molecular weight excluding hydrogens is 288 g/mol. The first-order valence-electron chi connectivity index (χ1n) is 8.86. The van der Waals surface area contributed by atoms with Crippen LogP contribution in [0.2, 0.25) is 0 Å². The first-order chi connectivity index (χ1) is 11.2. The van der Waals surface area contributed by atoms with E-state index in [0.717, 1.165) is 57.7 Å². The number of nitrogens with two attached hydrogens (primary N) is 1. The Bertz CT molecular complexity index is 471. The quantitative estimate of drug-likeness (QED) is 0.838. The predicted octanol–water partition coefficient (Wildman–Crippen LogP) is 2.27. The summed E-state index contributed by atoms with van der Waals surface area (Å²) >= 11 is 0. The SMILES string of the molecule is CCCC(N)C(=O)N(CC)CC1CCN(c2ccccn2)CC1. The van der Waals surface area contributed by atoms with Gasteiger partial charge in [-0.1, -0.05) is 19.4 Å². The van der Waals surface area contributed by atoms with Crippen molar-refractivity contribution in [2.75, 3.05) is 31.1 Å². The number of amides is 1. The maximum absolute atomic E-state index is 12.4. The number of nitrogens with zero attached hydrogens (tertiary/aromatic N) is 3. The number of piperidine rings is 1. The molecule has 2 rings (SSSR count). The highest BCUT2D eigenvalue weighted by atomic mass is 16.2. The van der Waals surface area contributed by atoms with Gasteiger partial charge in [0, 0.05) is 32.4 Å². The maximum Gasteiger partial charge on any atom is 0.239 e. The Morgan fingerprint density at radius 2 is 2.13 bits per heavy atom. The number of hydrogen-bond acceptors (Lipinski definition) is 4. The standard InChI is InChI=1S/C18H30N4O/c1-3-7-16(19)18(23)21(4-2)14-15-9-12-22(13-10-15)17-8-5-6-11-20-17/h5-6,8,11,15-16H,3-4,7,9-10,12-14,19H2,1-2H3. The molecule has 1 atom stereocenters. The Morgan fingerprint density at radius 3 is 2.70 bits per heavy atom. The second-order valence-electron chi connectivity index (χ2n) is 6.39. The van der Waals surface area contributed by atoms with Gasteiger partial charge in [-0.15, -0.1) is 0 Å². The van der Waals surface area contributed by atoms with Crippen molar-refractivity contribution in [3.63, 3.8) is 0 Å². The fourth-order valence-corrected chi connectivity index (χ4v) is 3.24. The van der Waals surface area contributed by atoms with Crippen LogP contribution >= 0.6 is 0 Å². The third kappa shape index (κ3) is 4.93. The van der Waals surface area contributed by atoms with Crippen molar-refractivity contribution in [1.29, 1.82) is 0 Å². The number of carbonyl (C=O) groups is 1. The first-order valence-corrected chi connectivity index (χ1v) is 8.86. The summed E-state index contributed by atoms with van der Waals surface area (Å²) in [5, 5.41) is 0. The zero-order valence-corrected chi connectivity index (χ0v) is 14.4. The number of rotatable bonds is 7. The summed E-state index contributed by atoms with van der Waals surface area (Å²) in [5.74, 6) is 1.73. The molecule has 0 aromatic carbocycles. The molecule has 0 saturated carbocycles. The van der Waals surface area contributed by atoms with Crippen LogP contribution in [0.4, 0.5) is 5.82 Å². The van der Waals surface area contributed by atoms with Crippen molar-refractivity contribution >= 4 is 11.7 Å². The molecule has 1 aromatic rings. The molecule has 0 bridgehead atoms. The van der Waals surface area contributed by atoms with Crippen molar-refractivity contribution in [3.8, 4) is 0 Å². The molecule has 23 heavy (non-hydrogen) atoms. The van der Waals surface area contributed by atoms with Crippen LogP contribution in [0.1, 0.15) is 39.5 Å². The molecule has 0 radical (unpaired) electrons. The van der Waals surface area contributed by atoms with Crippen molar-refractivity contribution in [2.45, 2.75) is 45.6 Å². The first kappa shape index (κ1) is 17.7. The summed E-state index contributed by atoms with van der Waals surface area (Å²) in [4.78, 5) is 21.1. The summed E-state index contributed by atoms with van der Waals surface area (Å²) in [7, 11) is 0. The minimum Gasteiger partial charge on any atom is -0.357 e. The highest BCUT2D eigenvalue weighted by Crippen LogP contribution is 2.22. The van der Waals surface area contributed by atoms with E-state index in [0.29, 0.717) is 5.92 Å². The third-order valence-corrected chi connectivity index (χ3v) is 4.68. The minimum absolute atomic E-state index is 0.113. The molecule has 2 N–H and O–H groups in total. The van der Waals surface area contributed by atoms with Crippen molar-refractivity contribution in [2.24, 2.45) is 11.7 Å². The monoisotopic (exact) mass is 318 g/mol. The van der Waals surface area contributed by atoms with Gasteiger partial charge in [0.05, 0.1) is 6.04 Å². The Hall–Kier alpha value is -1.62. The van der Waals surface area contributed by atoms with Gasteiger partial charge in [-0.2, -0.15) is 0 Å². The van der Waals surface area contributed by atoms with E-state index >= 15 is 0 Å². The van der Waals surface area contributed by atoms with E-state index in [-0.39, 0.29) is 11.9 Å². The minimum atomic E-state index is -0.339. The number of aromatic nitrogens is 1. The van der Waals surface area contributed by atoms with Gasteiger partial charge in [-0.25, -0.2) is 4.98 Å². The maximum atomic E-state index is 12.4. The van der Waals surface area contributed by atoms with E-state index in [4.69, 9.17) is 5.73 Å². The number of likely N-dealkylation sites (N-methyl/N-ethyl adjacent to an activating group) is 1. The lowest BCUT2D eigenvalue weighted by atomic mass is 9.95. The lowest BCUT2D eigenvalue weighted by Crippen LogP contribution is -2.47. The Kier molecular flexibility index (Phi) is 6.84. The summed E-state index contributed by atoms with van der Waals surface area (Å²) in [6.07, 6.45) is 5.77. The van der Waals surface area contributed by atoms with Gasteiger partial charge in [-0.3, -0.25) is 4.79 Å². The van der Waals surface area contributed by atoms with Gasteiger partial charge in [0.2, 0.25) is 5.91 Å². The molecular formula is C18H30N4O. The Balaban J connectivity index is 1.83. The molecule has 5 nitrogen and oxygen atoms in total. The number of hydrogen-bond donors (Lipinski definition) is 1. The summed E-state index contributed by atoms with van der Waals surface area (Å²) < 4.78 is 0. The van der Waals surface area contributed by atoms with Crippen LogP contribution in [0.5, 0.6) is 0 Å². The van der Waals surface area contributed by atoms with Gasteiger partial charge in [-0.05, 0) is 44.2 Å². The van der Waals surface area contributed by atoms with Crippen LogP contribution < -0.4 is 10.6 Å². The zero-order valence-electron chi connectivity index (χ0n) is 14.4. The Morgan fingerprint density at radius 1 is 1.39 bits per heavy atom. The van der Waals surface area contributed by atoms with Crippen molar-refractivity contribution in [1.82, 2.24) is 9.88 Å². The van der Waals surface area contributed by atoms with E-state index in [2.05, 4.69) is 22.9 Å². The van der Waals surface area contributed by atoms with E-state index in [1.807, 2.05) is 30.2 Å². The fraction of sp³-hybridized carbons (Fsp3) is 0.667. The van der Waals surface area contributed by atoms with Crippen molar-refractivity contribution in [3.05, 3.63) is 24.4 Å². The molecule has 1 unspecified atom stereocenters. The van der Waals surface area contributed by atoms with Crippen LogP contribution in [-0.4, -0.2) is 48.0 Å². The second-order valence-corrected chi connectivity index (χ2v) is 6.39. The summed E-state index contributed by atoms with van der Waals surface area (Å²) in [5.41, 5.74) is 6.00. The largest absolute Gasteiger partial charge is 0.357 e. The van der Waals surface area contributed by atoms with E-state index in [9.17, 15) is 4.79 Å². The van der Waals surface area contributed by atoms with Crippen LogP contribution in [-0.2, 0) is 4.79 Å². The number of anilines is 1. The molecule has 1 aliphatic heterocycles. The van der Waals surface area contributed by atoms with Gasteiger partial charge in [0.1, 0.15) is 5.82 Å². The molecule has 2 heterocycles. The zero-order chi connectivity index (χ0) is 16.7. The van der Waals surface area contributed by atoms with Gasteiger partial charge in [0.15, 0.2) is 0 Å². The predicted molar refractivity (Wildman–Crippen MR) is 94.3 cm³/mol. The number of carbonyl (C=O) groups excluding carboxylic acids is 1. The van der Waals surface area contributed by atoms with Gasteiger partial charge >= 0.3 is 0 Å². The fourth-order valence-electron chi connectivity index (χ4n) is 3.24. The number of pyridine rings is 1. The molecule has 5 heteroatoms. The summed E-state index contributed by atoms with van der Waals surface area (Å²) in [6.45, 7) is 7.71. The van der Waals surface area contributed by atoms with Crippen LogP contribution in [0.25, 0.3) is 0 Å². The second kappa shape index (κ2) is 8.87. The molecule has 1 fully saturated rings. The van der Waals surface area contributed by atoms with E-state index in [1.165, 1.54) is 0 Å². The van der Waals surface area contributed by atoms with Crippen molar-refractivity contribution < 1.29 is 4.79 Å². The smallest absolute Gasteiger partial charge is 0.239 e. The normalized spacial score (nSPS) is 17.1. The highest BCUT2D eigenvalue weighted by molar-refractivity contribution is 5.81. The van der Waals surface area contributed by atoms with Gasteiger partial charge in [0.25, 0.3) is 0 Å². The van der Waals surface area contributed by atoms with E-state index < -0.39 is 0 Å². The third-order valence-electron chi connectivity index (χ3n) is 4.68. The van der Waals surface area contributed by atoms with E-state index in [1.54, 1.807) is 0 Å². The van der Waals surface area contributed by atoms with Gasteiger partial charge < -0.3 is 15.5 Å². The average molecular weight is 318 g/mol. The van der Waals surface area contributed by atoms with Crippen LogP contribution in [0.3, 0.4) is 0 Å². The highest BCUT2D eigenvalue weighted by Gasteiger charge is 2.25. The average Bonchev–Trinajstić information content (AvgIpc) is 2.60. The summed E-state index contributed by atoms with van der Waals surface area (Å²) in [6, 6.07) is 5.70. The molecule has 128 valence electrons. The molecule has 0 spiro atoms. The molecule has 1 aromatic heterocycles. The molecule has 1 aliphatic rings. The van der Waals surface area contributed by atoms with Crippen LogP contribution in [0.15, 0.2) is 24.4 Å². The topological polar surface area (TPSA) is 62.5 Å². The molecule has 1 amide bonds. The lowest BCUT2D eigenvalue weighted by molar-refractivity contribution is -0.133. The molecule has 1 saturated heterocycles. The Labute approximate surface area is 139 Å². The van der Waals surface area contributed by atoms with Crippen LogP contribution in [0, 0.1) is 5.92 Å². The lowest BCUT2D eigenvalue weighted by Gasteiger charge is -2.35. The molecule has 0 aliphatic carbocycles.